The van der Waals surface area contributed by atoms with Gasteiger partial charge in [0.05, 0.1) is 24.4 Å². The third-order valence-electron chi connectivity index (χ3n) is 4.29. The second-order valence-corrected chi connectivity index (χ2v) is 6.00. The van der Waals surface area contributed by atoms with E-state index in [-0.39, 0.29) is 5.91 Å². The summed E-state index contributed by atoms with van der Waals surface area (Å²) < 4.78 is 1.86. The predicted molar refractivity (Wildman–Crippen MR) is 77.4 cm³/mol. The molecule has 0 aliphatic carbocycles. The molecule has 0 unspecified atom stereocenters. The van der Waals surface area contributed by atoms with E-state index in [4.69, 9.17) is 0 Å². The van der Waals surface area contributed by atoms with Gasteiger partial charge in [0.1, 0.15) is 0 Å². The molecule has 1 aliphatic rings. The van der Waals surface area contributed by atoms with Gasteiger partial charge in [0.2, 0.25) is 5.91 Å². The molecule has 1 fully saturated rings. The fourth-order valence-electron chi connectivity index (χ4n) is 3.03. The van der Waals surface area contributed by atoms with E-state index in [0.717, 1.165) is 30.7 Å². The van der Waals surface area contributed by atoms with Crippen LogP contribution in [0.2, 0.25) is 0 Å². The predicted octanol–water partition coefficient (Wildman–Crippen LogP) is 1.34. The summed E-state index contributed by atoms with van der Waals surface area (Å²) in [6.07, 6.45) is 2.95. The van der Waals surface area contributed by atoms with E-state index in [1.807, 2.05) is 25.6 Å². The molecule has 1 aromatic heterocycles. The van der Waals surface area contributed by atoms with Crippen molar-refractivity contribution >= 4 is 5.91 Å². The highest BCUT2D eigenvalue weighted by Crippen LogP contribution is 2.26. The van der Waals surface area contributed by atoms with Crippen LogP contribution in [0.3, 0.4) is 0 Å². The average molecular weight is 279 g/mol. The number of β-amino-alcohol motifs (C(OH)–C–C–N with tert-alkyl or cyclic N) is 1. The van der Waals surface area contributed by atoms with Crippen molar-refractivity contribution in [3.8, 4) is 0 Å². The lowest BCUT2D eigenvalue weighted by Crippen LogP contribution is -2.63. The van der Waals surface area contributed by atoms with Gasteiger partial charge in [-0.25, -0.2) is 0 Å². The molecule has 5 heteroatoms. The topological polar surface area (TPSA) is 58.4 Å². The Balaban J connectivity index is 1.85. The molecule has 0 spiro atoms. The van der Waals surface area contributed by atoms with Crippen molar-refractivity contribution in [2.24, 2.45) is 7.05 Å². The number of likely N-dealkylation sites (tertiary alicyclic amines) is 1. The minimum atomic E-state index is -0.634. The number of hydrogen-bond acceptors (Lipinski definition) is 3. The molecule has 1 aromatic rings. The summed E-state index contributed by atoms with van der Waals surface area (Å²) in [5.41, 5.74) is 2.67. The Morgan fingerprint density at radius 2 is 2.05 bits per heavy atom. The van der Waals surface area contributed by atoms with Crippen molar-refractivity contribution in [1.82, 2.24) is 14.7 Å². The largest absolute Gasteiger partial charge is 0.386 e. The first-order valence-corrected chi connectivity index (χ1v) is 7.35. The minimum absolute atomic E-state index is 0.133. The van der Waals surface area contributed by atoms with Gasteiger partial charge in [-0.05, 0) is 32.3 Å². The quantitative estimate of drug-likeness (QED) is 0.885. The van der Waals surface area contributed by atoms with Crippen molar-refractivity contribution in [3.05, 3.63) is 17.0 Å². The minimum Gasteiger partial charge on any atom is -0.386 e. The number of aliphatic hydroxyl groups is 1. The Morgan fingerprint density at radius 3 is 2.55 bits per heavy atom. The Bertz CT molecular complexity index is 501. The first-order valence-electron chi connectivity index (χ1n) is 7.35. The monoisotopic (exact) mass is 279 g/mol. The lowest BCUT2D eigenvalue weighted by molar-refractivity contribution is -0.156. The maximum absolute atomic E-state index is 12.1. The summed E-state index contributed by atoms with van der Waals surface area (Å²) in [6.45, 7) is 7.05. The summed E-state index contributed by atoms with van der Waals surface area (Å²) in [5.74, 6) is 0.133. The van der Waals surface area contributed by atoms with Gasteiger partial charge < -0.3 is 10.0 Å². The van der Waals surface area contributed by atoms with E-state index in [2.05, 4.69) is 12.0 Å². The molecular formula is C15H25N3O2. The lowest BCUT2D eigenvalue weighted by atomic mass is 9.89. The number of aromatic nitrogens is 2. The molecule has 5 nitrogen and oxygen atoms in total. The van der Waals surface area contributed by atoms with Gasteiger partial charge in [0.25, 0.3) is 0 Å². The highest BCUT2D eigenvalue weighted by molar-refractivity contribution is 5.77. The van der Waals surface area contributed by atoms with Gasteiger partial charge >= 0.3 is 0 Å². The fourth-order valence-corrected chi connectivity index (χ4v) is 3.03. The number of carbonyl (C=O) groups excluding carboxylic acids is 1. The van der Waals surface area contributed by atoms with Gasteiger partial charge in [-0.15, -0.1) is 0 Å². The van der Waals surface area contributed by atoms with E-state index < -0.39 is 5.60 Å². The van der Waals surface area contributed by atoms with E-state index in [9.17, 15) is 9.90 Å². The van der Waals surface area contributed by atoms with Crippen molar-refractivity contribution in [2.45, 2.75) is 52.1 Å². The molecule has 112 valence electrons. The SMILES string of the molecule is CCCC1(O)CN(C(=O)CCc2c(C)nn(C)c2C)C1. The smallest absolute Gasteiger partial charge is 0.223 e. The van der Waals surface area contributed by atoms with Gasteiger partial charge in [0, 0.05) is 19.2 Å². The standard InChI is InChI=1S/C15H25N3O2/c1-5-8-15(20)9-18(10-15)14(19)7-6-13-11(2)16-17(4)12(13)3/h20H,5-10H2,1-4H3. The molecule has 0 bridgehead atoms. The number of carbonyl (C=O) groups is 1. The molecule has 0 atom stereocenters. The Morgan fingerprint density at radius 1 is 1.40 bits per heavy atom. The zero-order chi connectivity index (χ0) is 14.9. The summed E-state index contributed by atoms with van der Waals surface area (Å²) in [4.78, 5) is 13.9. The molecule has 2 rings (SSSR count). The van der Waals surface area contributed by atoms with Crippen molar-refractivity contribution in [2.75, 3.05) is 13.1 Å². The third kappa shape index (κ3) is 2.87. The lowest BCUT2D eigenvalue weighted by Gasteiger charge is -2.46. The normalized spacial score (nSPS) is 17.1. The van der Waals surface area contributed by atoms with Crippen LogP contribution in [0.5, 0.6) is 0 Å². The highest BCUT2D eigenvalue weighted by atomic mass is 16.3. The fraction of sp³-hybridized carbons (Fsp3) is 0.733. The second-order valence-electron chi connectivity index (χ2n) is 6.00. The first-order chi connectivity index (χ1) is 9.36. The van der Waals surface area contributed by atoms with E-state index in [0.29, 0.717) is 19.5 Å². The average Bonchev–Trinajstić information content (AvgIpc) is 2.58. The van der Waals surface area contributed by atoms with Crippen LogP contribution < -0.4 is 0 Å². The van der Waals surface area contributed by atoms with Crippen LogP contribution in [0.1, 0.15) is 43.1 Å². The zero-order valence-electron chi connectivity index (χ0n) is 12.9. The van der Waals surface area contributed by atoms with Crippen LogP contribution in [0.15, 0.2) is 0 Å². The van der Waals surface area contributed by atoms with Crippen LogP contribution in [0.25, 0.3) is 0 Å². The second kappa shape index (κ2) is 5.56. The van der Waals surface area contributed by atoms with Crippen LogP contribution in [-0.2, 0) is 18.3 Å². The van der Waals surface area contributed by atoms with Crippen molar-refractivity contribution in [3.63, 3.8) is 0 Å². The van der Waals surface area contributed by atoms with Crippen LogP contribution in [0, 0.1) is 13.8 Å². The van der Waals surface area contributed by atoms with E-state index >= 15 is 0 Å². The van der Waals surface area contributed by atoms with E-state index in [1.54, 1.807) is 4.90 Å². The number of rotatable bonds is 5. The molecule has 1 N–H and O–H groups in total. The summed E-state index contributed by atoms with van der Waals surface area (Å²) in [6, 6.07) is 0. The van der Waals surface area contributed by atoms with Gasteiger partial charge in [-0.1, -0.05) is 13.3 Å². The molecule has 2 heterocycles. The summed E-state index contributed by atoms with van der Waals surface area (Å²) >= 11 is 0. The van der Waals surface area contributed by atoms with Gasteiger partial charge in [-0.3, -0.25) is 9.48 Å². The molecular weight excluding hydrogens is 254 g/mol. The molecule has 0 aromatic carbocycles. The molecule has 1 aliphatic heterocycles. The molecule has 1 saturated heterocycles. The van der Waals surface area contributed by atoms with Gasteiger partial charge in [0.15, 0.2) is 0 Å². The maximum atomic E-state index is 12.1. The first kappa shape index (κ1) is 15.0. The van der Waals surface area contributed by atoms with Crippen molar-refractivity contribution < 1.29 is 9.90 Å². The van der Waals surface area contributed by atoms with Crippen LogP contribution in [-0.4, -0.2) is 44.4 Å². The maximum Gasteiger partial charge on any atom is 0.223 e. The molecule has 20 heavy (non-hydrogen) atoms. The number of nitrogens with zero attached hydrogens (tertiary/aromatic N) is 3. The summed E-state index contributed by atoms with van der Waals surface area (Å²) in [5, 5.41) is 14.5. The number of amides is 1. The number of hydrogen-bond donors (Lipinski definition) is 1. The highest BCUT2D eigenvalue weighted by Gasteiger charge is 2.42. The Labute approximate surface area is 120 Å². The Hall–Kier alpha value is -1.36. The van der Waals surface area contributed by atoms with E-state index in [1.165, 1.54) is 5.56 Å². The molecule has 0 saturated carbocycles. The van der Waals surface area contributed by atoms with Gasteiger partial charge in [-0.2, -0.15) is 5.10 Å². The molecule has 1 amide bonds. The zero-order valence-corrected chi connectivity index (χ0v) is 12.9. The third-order valence-corrected chi connectivity index (χ3v) is 4.29. The van der Waals surface area contributed by atoms with Crippen LogP contribution in [0.4, 0.5) is 0 Å². The number of aryl methyl sites for hydroxylation is 2. The summed E-state index contributed by atoms with van der Waals surface area (Å²) in [7, 11) is 1.92. The molecule has 0 radical (unpaired) electrons. The van der Waals surface area contributed by atoms with Crippen LogP contribution >= 0.6 is 0 Å². The Kier molecular flexibility index (Phi) is 4.18. The van der Waals surface area contributed by atoms with Crippen molar-refractivity contribution in [1.29, 1.82) is 0 Å².